The molecule has 2 fully saturated rings. The van der Waals surface area contributed by atoms with E-state index in [0.29, 0.717) is 17.8 Å². The second-order valence-corrected chi connectivity index (χ2v) is 6.15. The summed E-state index contributed by atoms with van der Waals surface area (Å²) in [5.41, 5.74) is 5.80. The third-order valence-electron chi connectivity index (χ3n) is 4.47. The normalized spacial score (nSPS) is 21.0. The monoisotopic (exact) mass is 291 g/mol. The zero-order chi connectivity index (χ0) is 14.8. The average molecular weight is 291 g/mol. The van der Waals surface area contributed by atoms with Gasteiger partial charge in [-0.2, -0.15) is 15.0 Å². The number of nitrogens with zero attached hydrogens (tertiary/aromatic N) is 6. The zero-order valence-electron chi connectivity index (χ0n) is 13.0. The van der Waals surface area contributed by atoms with Crippen LogP contribution in [0.4, 0.5) is 17.8 Å². The van der Waals surface area contributed by atoms with Gasteiger partial charge >= 0.3 is 0 Å². The van der Waals surface area contributed by atoms with Crippen molar-refractivity contribution in [1.29, 1.82) is 0 Å². The molecule has 2 N–H and O–H groups in total. The van der Waals surface area contributed by atoms with E-state index in [1.807, 2.05) is 19.0 Å². The first-order valence-corrected chi connectivity index (χ1v) is 7.81. The third-order valence-corrected chi connectivity index (χ3v) is 4.47. The molecule has 1 aromatic heterocycles. The Bertz CT molecular complexity index is 476. The van der Waals surface area contributed by atoms with Crippen LogP contribution >= 0.6 is 0 Å². The third kappa shape index (κ3) is 3.18. The molecule has 2 aliphatic rings. The Kier molecular flexibility index (Phi) is 4.10. The van der Waals surface area contributed by atoms with Crippen LogP contribution < -0.4 is 15.5 Å². The average Bonchev–Trinajstić information content (AvgIpc) is 3.01. The number of nitrogen functional groups attached to an aromatic ring is 1. The van der Waals surface area contributed by atoms with Crippen LogP contribution in [0.5, 0.6) is 0 Å². The molecule has 0 amide bonds. The molecule has 0 unspecified atom stereocenters. The summed E-state index contributed by atoms with van der Waals surface area (Å²) in [6.45, 7) is 4.11. The summed E-state index contributed by atoms with van der Waals surface area (Å²) in [5.74, 6) is 1.62. The highest BCUT2D eigenvalue weighted by Gasteiger charge is 2.27. The molecule has 0 bridgehead atoms. The van der Waals surface area contributed by atoms with E-state index in [1.165, 1.54) is 25.7 Å². The first kappa shape index (κ1) is 14.3. The maximum absolute atomic E-state index is 5.80. The largest absolute Gasteiger partial charge is 0.368 e. The lowest BCUT2D eigenvalue weighted by Gasteiger charge is -2.38. The van der Waals surface area contributed by atoms with E-state index in [0.717, 1.165) is 32.2 Å². The van der Waals surface area contributed by atoms with Crippen LogP contribution in [0.15, 0.2) is 0 Å². The molecule has 0 atom stereocenters. The maximum atomic E-state index is 5.80. The lowest BCUT2D eigenvalue weighted by molar-refractivity contribution is 0.187. The van der Waals surface area contributed by atoms with Crippen molar-refractivity contribution in [3.63, 3.8) is 0 Å². The molecule has 116 valence electrons. The summed E-state index contributed by atoms with van der Waals surface area (Å²) in [4.78, 5) is 19.7. The van der Waals surface area contributed by atoms with Crippen molar-refractivity contribution in [2.24, 2.45) is 0 Å². The van der Waals surface area contributed by atoms with E-state index in [1.54, 1.807) is 0 Å². The molecule has 1 saturated heterocycles. The minimum absolute atomic E-state index is 0.293. The maximum Gasteiger partial charge on any atom is 0.232 e. The van der Waals surface area contributed by atoms with Crippen molar-refractivity contribution < 1.29 is 0 Å². The van der Waals surface area contributed by atoms with E-state index < -0.39 is 0 Å². The second kappa shape index (κ2) is 6.01. The van der Waals surface area contributed by atoms with Crippen LogP contribution in [0, 0.1) is 0 Å². The standard InChI is InChI=1S/C14H25N7/c1-19(2)13-16-12(15)17-14(18-13)21-9-7-20(8-10-21)11-5-3-4-6-11/h11H,3-10H2,1-2H3,(H2,15,16,17,18). The first-order valence-electron chi connectivity index (χ1n) is 7.81. The topological polar surface area (TPSA) is 74.4 Å². The summed E-state index contributed by atoms with van der Waals surface area (Å²) in [7, 11) is 3.83. The van der Waals surface area contributed by atoms with E-state index in [9.17, 15) is 0 Å². The van der Waals surface area contributed by atoms with Crippen molar-refractivity contribution in [3.05, 3.63) is 0 Å². The van der Waals surface area contributed by atoms with Gasteiger partial charge in [0, 0.05) is 46.3 Å². The minimum Gasteiger partial charge on any atom is -0.368 e. The SMILES string of the molecule is CN(C)c1nc(N)nc(N2CCN(C3CCCC3)CC2)n1. The molecule has 0 radical (unpaired) electrons. The van der Waals surface area contributed by atoms with E-state index >= 15 is 0 Å². The fraction of sp³-hybridized carbons (Fsp3) is 0.786. The molecule has 0 spiro atoms. The quantitative estimate of drug-likeness (QED) is 0.873. The molecule has 21 heavy (non-hydrogen) atoms. The van der Waals surface area contributed by atoms with Gasteiger partial charge in [0.2, 0.25) is 17.8 Å². The van der Waals surface area contributed by atoms with Crippen LogP contribution in [-0.2, 0) is 0 Å². The van der Waals surface area contributed by atoms with Crippen LogP contribution in [-0.4, -0.2) is 66.2 Å². The molecule has 3 rings (SSSR count). The van der Waals surface area contributed by atoms with Crippen molar-refractivity contribution in [2.75, 3.05) is 55.8 Å². The number of rotatable bonds is 3. The van der Waals surface area contributed by atoms with Gasteiger partial charge in [-0.1, -0.05) is 12.8 Å². The Morgan fingerprint density at radius 1 is 1.00 bits per heavy atom. The molecule has 1 saturated carbocycles. The van der Waals surface area contributed by atoms with Gasteiger partial charge in [0.1, 0.15) is 0 Å². The lowest BCUT2D eigenvalue weighted by atomic mass is 10.2. The van der Waals surface area contributed by atoms with Gasteiger partial charge in [0.25, 0.3) is 0 Å². The number of hydrogen-bond donors (Lipinski definition) is 1. The van der Waals surface area contributed by atoms with Crippen molar-refractivity contribution >= 4 is 17.8 Å². The predicted molar refractivity (Wildman–Crippen MR) is 84.6 cm³/mol. The first-order chi connectivity index (χ1) is 10.1. The van der Waals surface area contributed by atoms with Gasteiger partial charge in [-0.15, -0.1) is 0 Å². The summed E-state index contributed by atoms with van der Waals surface area (Å²) in [6, 6.07) is 0.799. The van der Waals surface area contributed by atoms with Crippen LogP contribution in [0.3, 0.4) is 0 Å². The lowest BCUT2D eigenvalue weighted by Crippen LogP contribution is -2.50. The molecule has 1 aromatic rings. The van der Waals surface area contributed by atoms with E-state index in [2.05, 4.69) is 24.8 Å². The predicted octanol–water partition coefficient (Wildman–Crippen LogP) is 0.584. The van der Waals surface area contributed by atoms with Crippen LogP contribution in [0.2, 0.25) is 0 Å². The number of aromatic nitrogens is 3. The molecule has 7 nitrogen and oxygen atoms in total. The summed E-state index contributed by atoms with van der Waals surface area (Å²) in [6.07, 6.45) is 5.51. The summed E-state index contributed by atoms with van der Waals surface area (Å²) in [5, 5.41) is 0. The molecule has 7 heteroatoms. The Morgan fingerprint density at radius 3 is 2.29 bits per heavy atom. The number of hydrogen-bond acceptors (Lipinski definition) is 7. The van der Waals surface area contributed by atoms with Crippen molar-refractivity contribution in [2.45, 2.75) is 31.7 Å². The van der Waals surface area contributed by atoms with Crippen molar-refractivity contribution in [3.8, 4) is 0 Å². The number of nitrogens with two attached hydrogens (primary N) is 1. The van der Waals surface area contributed by atoms with Gasteiger partial charge in [-0.25, -0.2) is 0 Å². The molecule has 2 heterocycles. The van der Waals surface area contributed by atoms with Crippen molar-refractivity contribution in [1.82, 2.24) is 19.9 Å². The number of anilines is 3. The van der Waals surface area contributed by atoms with Gasteiger partial charge in [0.15, 0.2) is 0 Å². The molecule has 0 aromatic carbocycles. The summed E-state index contributed by atoms with van der Waals surface area (Å²) < 4.78 is 0. The van der Waals surface area contributed by atoms with Gasteiger partial charge < -0.3 is 15.5 Å². The Balaban J connectivity index is 1.66. The summed E-state index contributed by atoms with van der Waals surface area (Å²) >= 11 is 0. The molecular formula is C14H25N7. The Morgan fingerprint density at radius 2 is 1.67 bits per heavy atom. The van der Waals surface area contributed by atoms with E-state index in [4.69, 9.17) is 5.73 Å². The van der Waals surface area contributed by atoms with Gasteiger partial charge in [-0.05, 0) is 12.8 Å². The Labute approximate surface area is 126 Å². The molecule has 1 aliphatic heterocycles. The van der Waals surface area contributed by atoms with Gasteiger partial charge in [0.05, 0.1) is 0 Å². The van der Waals surface area contributed by atoms with Gasteiger partial charge in [-0.3, -0.25) is 4.90 Å². The van der Waals surface area contributed by atoms with E-state index in [-0.39, 0.29) is 0 Å². The Hall–Kier alpha value is -1.63. The highest BCUT2D eigenvalue weighted by Crippen LogP contribution is 2.25. The smallest absolute Gasteiger partial charge is 0.232 e. The fourth-order valence-electron chi connectivity index (χ4n) is 3.27. The highest BCUT2D eigenvalue weighted by atomic mass is 15.4. The molecule has 1 aliphatic carbocycles. The number of piperazine rings is 1. The highest BCUT2D eigenvalue weighted by molar-refractivity contribution is 5.43. The van der Waals surface area contributed by atoms with Crippen LogP contribution in [0.25, 0.3) is 0 Å². The minimum atomic E-state index is 0.293. The molecular weight excluding hydrogens is 266 g/mol. The fourth-order valence-corrected chi connectivity index (χ4v) is 3.27. The second-order valence-electron chi connectivity index (χ2n) is 6.15. The van der Waals surface area contributed by atoms with Crippen LogP contribution in [0.1, 0.15) is 25.7 Å². The zero-order valence-corrected chi connectivity index (χ0v) is 13.0.